The number of halogens is 1. The minimum Gasteiger partial charge on any atom is -0.451 e. The summed E-state index contributed by atoms with van der Waals surface area (Å²) >= 11 is 0. The molecule has 0 bridgehead atoms. The monoisotopic (exact) mass is 581 g/mol. The van der Waals surface area contributed by atoms with Gasteiger partial charge in [0.2, 0.25) is 5.43 Å². The summed E-state index contributed by atoms with van der Waals surface area (Å²) in [4.78, 5) is 44.7. The van der Waals surface area contributed by atoms with Crippen LogP contribution in [-0.2, 0) is 6.42 Å². The normalized spacial score (nSPS) is 19.0. The van der Waals surface area contributed by atoms with E-state index in [-0.39, 0.29) is 33.7 Å². The van der Waals surface area contributed by atoms with Gasteiger partial charge in [-0.3, -0.25) is 14.4 Å². The number of anilines is 1. The number of nitrogens with one attached hydrogen (secondary N) is 1. The topological polar surface area (TPSA) is 113 Å². The van der Waals surface area contributed by atoms with Gasteiger partial charge >= 0.3 is 0 Å². The molecule has 5 aromatic rings. The number of fused-ring (bicyclic) bond motifs is 5. The molecule has 3 N–H and O–H groups in total. The largest absolute Gasteiger partial charge is 0.451 e. The lowest BCUT2D eigenvalue weighted by Crippen LogP contribution is -2.35. The summed E-state index contributed by atoms with van der Waals surface area (Å²) in [5.74, 6) is -1.06. The van der Waals surface area contributed by atoms with Crippen LogP contribution in [0, 0.1) is 5.82 Å². The van der Waals surface area contributed by atoms with E-state index in [4.69, 9.17) is 10.2 Å². The van der Waals surface area contributed by atoms with Gasteiger partial charge in [0.1, 0.15) is 16.8 Å². The third-order valence-corrected chi connectivity index (χ3v) is 9.42. The predicted molar refractivity (Wildman–Crippen MR) is 166 cm³/mol. The lowest BCUT2D eigenvalue weighted by atomic mass is 10.00. The highest BCUT2D eigenvalue weighted by Gasteiger charge is 2.29. The van der Waals surface area contributed by atoms with E-state index < -0.39 is 17.2 Å². The van der Waals surface area contributed by atoms with Gasteiger partial charge in [-0.05, 0) is 74.3 Å². The molecule has 3 aliphatic rings. The Morgan fingerprint density at radius 2 is 1.91 bits per heavy atom. The highest BCUT2D eigenvalue weighted by Crippen LogP contribution is 2.36. The van der Waals surface area contributed by atoms with Gasteiger partial charge in [-0.1, -0.05) is 12.2 Å². The zero-order valence-electron chi connectivity index (χ0n) is 23.7. The molecule has 0 spiro atoms. The standard InChI is InChI=1S/C33H32FN5O4/c34-25-13-23-29-32(28(25)36-8-12-37-9-3-4-10-37)43-27-15-22-21(19-5-1-2-6-20(19)30(22)40)14-26(27)39(29)17-24(31(23)41)33(42)38-11-7-18(35)16-38/h2,6,13-15,17-18,36H,1,3-5,7-12,16,35H2/t18-/m0/s1. The molecule has 2 aliphatic heterocycles. The number of benzene rings is 2. The third kappa shape index (κ3) is 4.07. The molecule has 10 heteroatoms. The van der Waals surface area contributed by atoms with Gasteiger partial charge in [-0.25, -0.2) is 4.39 Å². The van der Waals surface area contributed by atoms with Crippen molar-refractivity contribution in [1.82, 2.24) is 14.2 Å². The number of aromatic nitrogens is 1. The molecule has 0 saturated carbocycles. The maximum absolute atomic E-state index is 15.9. The van der Waals surface area contributed by atoms with Crippen LogP contribution in [0.2, 0.25) is 0 Å². The number of carbonyl (C=O) groups is 1. The zero-order valence-corrected chi connectivity index (χ0v) is 23.7. The van der Waals surface area contributed by atoms with E-state index in [1.165, 1.54) is 6.07 Å². The number of hydrogen-bond acceptors (Lipinski definition) is 7. The van der Waals surface area contributed by atoms with Crippen molar-refractivity contribution in [3.8, 4) is 0 Å². The van der Waals surface area contributed by atoms with Crippen LogP contribution >= 0.6 is 0 Å². The number of pyridine rings is 1. The van der Waals surface area contributed by atoms with E-state index in [9.17, 15) is 14.4 Å². The van der Waals surface area contributed by atoms with Crippen molar-refractivity contribution in [1.29, 1.82) is 0 Å². The second-order valence-corrected chi connectivity index (χ2v) is 12.1. The first kappa shape index (κ1) is 26.4. The highest BCUT2D eigenvalue weighted by atomic mass is 19.1. The molecular weight excluding hydrogens is 549 g/mol. The number of likely N-dealkylation sites (tertiary alicyclic amines) is 2. The van der Waals surface area contributed by atoms with Gasteiger partial charge in [-0.15, -0.1) is 0 Å². The van der Waals surface area contributed by atoms with Crippen molar-refractivity contribution in [2.75, 3.05) is 44.6 Å². The Hall–Kier alpha value is -4.28. The van der Waals surface area contributed by atoms with Gasteiger partial charge in [0.25, 0.3) is 5.91 Å². The summed E-state index contributed by atoms with van der Waals surface area (Å²) < 4.78 is 24.0. The lowest BCUT2D eigenvalue weighted by Gasteiger charge is -2.20. The highest BCUT2D eigenvalue weighted by molar-refractivity contribution is 6.08. The van der Waals surface area contributed by atoms with E-state index in [1.54, 1.807) is 21.6 Å². The number of aryl methyl sites for hydroxylation is 1. The summed E-state index contributed by atoms with van der Waals surface area (Å²) in [5.41, 5.74) is 8.74. The molecule has 2 fully saturated rings. The molecule has 8 rings (SSSR count). The van der Waals surface area contributed by atoms with E-state index in [1.807, 2.05) is 18.2 Å². The predicted octanol–water partition coefficient (Wildman–Crippen LogP) is 3.93. The summed E-state index contributed by atoms with van der Waals surface area (Å²) in [6.45, 7) is 4.09. The average Bonchev–Trinajstić information content (AvgIpc) is 3.75. The third-order valence-electron chi connectivity index (χ3n) is 9.42. The summed E-state index contributed by atoms with van der Waals surface area (Å²) in [7, 11) is 0. The van der Waals surface area contributed by atoms with Crippen molar-refractivity contribution in [2.45, 2.75) is 38.1 Å². The molecule has 9 nitrogen and oxygen atoms in total. The second kappa shape index (κ2) is 9.89. The van der Waals surface area contributed by atoms with Crippen molar-refractivity contribution in [2.24, 2.45) is 5.73 Å². The summed E-state index contributed by atoms with van der Waals surface area (Å²) in [5, 5.41) is 4.65. The number of hydrogen-bond donors (Lipinski definition) is 2. The average molecular weight is 582 g/mol. The van der Waals surface area contributed by atoms with E-state index >= 15 is 4.39 Å². The first-order valence-corrected chi connectivity index (χ1v) is 15.1. The SMILES string of the molecule is N[C@H]1CCN(C(=O)c2cn3c4cc5c6c(c(=O)c5cc4oc4c(NCCN5CCCC5)c(F)cc(c2=O)c43)C=CCC6)C1. The molecule has 0 radical (unpaired) electrons. The van der Waals surface area contributed by atoms with E-state index in [0.29, 0.717) is 53.6 Å². The molecule has 1 amide bonds. The molecule has 2 saturated heterocycles. The Morgan fingerprint density at radius 1 is 1.07 bits per heavy atom. The Labute approximate surface area is 245 Å². The molecule has 4 heterocycles. The van der Waals surface area contributed by atoms with Crippen LogP contribution < -0.4 is 21.9 Å². The molecular formula is C33H32FN5O4. The first-order chi connectivity index (χ1) is 20.9. The van der Waals surface area contributed by atoms with E-state index in [0.717, 1.165) is 56.3 Å². The van der Waals surface area contributed by atoms with Crippen LogP contribution in [0.5, 0.6) is 0 Å². The summed E-state index contributed by atoms with van der Waals surface area (Å²) in [6, 6.07) is 4.68. The maximum atomic E-state index is 15.9. The Balaban J connectivity index is 1.39. The number of amides is 1. The van der Waals surface area contributed by atoms with Crippen molar-refractivity contribution in [3.63, 3.8) is 0 Å². The number of carbonyl (C=O) groups excluding carboxylic acids is 1. The zero-order chi connectivity index (χ0) is 29.4. The van der Waals surface area contributed by atoms with Crippen molar-refractivity contribution < 1.29 is 13.6 Å². The van der Waals surface area contributed by atoms with Crippen LogP contribution in [0.1, 0.15) is 47.2 Å². The minimum absolute atomic E-state index is 0.0494. The minimum atomic E-state index is -0.636. The summed E-state index contributed by atoms with van der Waals surface area (Å²) in [6.07, 6.45) is 9.98. The van der Waals surface area contributed by atoms with Crippen LogP contribution in [0.3, 0.4) is 0 Å². The molecule has 1 atom stereocenters. The van der Waals surface area contributed by atoms with Gasteiger partial charge < -0.3 is 29.7 Å². The number of nitrogens with two attached hydrogens (primary N) is 1. The molecule has 220 valence electrons. The van der Waals surface area contributed by atoms with Crippen LogP contribution in [0.4, 0.5) is 10.1 Å². The maximum Gasteiger partial charge on any atom is 0.259 e. The first-order valence-electron chi connectivity index (χ1n) is 15.1. The molecule has 3 aromatic carbocycles. The second-order valence-electron chi connectivity index (χ2n) is 12.1. The Morgan fingerprint density at radius 3 is 2.70 bits per heavy atom. The molecule has 2 aromatic heterocycles. The Kier molecular flexibility index (Phi) is 6.06. The fourth-order valence-corrected chi connectivity index (χ4v) is 7.21. The van der Waals surface area contributed by atoms with Crippen molar-refractivity contribution in [3.05, 3.63) is 73.4 Å². The van der Waals surface area contributed by atoms with Gasteiger partial charge in [0.05, 0.1) is 10.9 Å². The molecule has 43 heavy (non-hydrogen) atoms. The smallest absolute Gasteiger partial charge is 0.259 e. The van der Waals surface area contributed by atoms with Crippen LogP contribution in [0.15, 0.2) is 44.5 Å². The van der Waals surface area contributed by atoms with Crippen LogP contribution in [-0.4, -0.2) is 65.4 Å². The Bertz CT molecular complexity index is 2110. The van der Waals surface area contributed by atoms with Crippen LogP contribution in [0.25, 0.3) is 44.4 Å². The van der Waals surface area contributed by atoms with Crippen molar-refractivity contribution >= 4 is 56.0 Å². The number of allylic oxidation sites excluding steroid dienone is 1. The quantitative estimate of drug-likeness (QED) is 0.239. The fraction of sp³-hybridized carbons (Fsp3) is 0.364. The van der Waals surface area contributed by atoms with Gasteiger partial charge in [0, 0.05) is 49.4 Å². The lowest BCUT2D eigenvalue weighted by molar-refractivity contribution is 0.0789. The fourth-order valence-electron chi connectivity index (χ4n) is 7.21. The van der Waals surface area contributed by atoms with Gasteiger partial charge in [0.15, 0.2) is 22.4 Å². The number of rotatable bonds is 5. The number of nitrogens with zero attached hydrogens (tertiary/aromatic N) is 3. The molecule has 1 aliphatic carbocycles. The van der Waals surface area contributed by atoms with E-state index in [2.05, 4.69) is 10.2 Å². The molecule has 0 unspecified atom stereocenters. The van der Waals surface area contributed by atoms with Gasteiger partial charge in [-0.2, -0.15) is 0 Å².